The van der Waals surface area contributed by atoms with E-state index < -0.39 is 8.65 Å². The lowest BCUT2D eigenvalue weighted by Crippen LogP contribution is -2.29. The Bertz CT molecular complexity index is 274. The maximum atomic E-state index is 11.4. The monoisotopic (exact) mass is 402 g/mol. The molecule has 0 aliphatic heterocycles. The van der Waals surface area contributed by atoms with E-state index in [1.165, 1.54) is 0 Å². The first kappa shape index (κ1) is 18.9. The highest BCUT2D eigenvalue weighted by atomic mass is 79.9. The SMILES string of the molecule is CC(C)(Br)C(=O)OCCOCCOC(=O)C(C)(C)Br. The number of esters is 2. The summed E-state index contributed by atoms with van der Waals surface area (Å²) >= 11 is 6.39. The summed E-state index contributed by atoms with van der Waals surface area (Å²) in [6, 6.07) is 0. The van der Waals surface area contributed by atoms with Gasteiger partial charge in [-0.25, -0.2) is 0 Å². The van der Waals surface area contributed by atoms with E-state index >= 15 is 0 Å². The molecule has 7 heteroatoms. The fourth-order valence-electron chi connectivity index (χ4n) is 0.832. The van der Waals surface area contributed by atoms with E-state index in [1.54, 1.807) is 27.7 Å². The number of carbonyl (C=O) groups is 2. The number of hydrogen-bond donors (Lipinski definition) is 0. The quantitative estimate of drug-likeness (QED) is 0.354. The molecule has 0 radical (unpaired) electrons. The van der Waals surface area contributed by atoms with Crippen molar-refractivity contribution in [2.75, 3.05) is 26.4 Å². The summed E-state index contributed by atoms with van der Waals surface area (Å²) in [4.78, 5) is 22.7. The Morgan fingerprint density at radius 3 is 1.37 bits per heavy atom. The smallest absolute Gasteiger partial charge is 0.322 e. The number of rotatable bonds is 8. The predicted molar refractivity (Wildman–Crippen MR) is 78.7 cm³/mol. The molecule has 19 heavy (non-hydrogen) atoms. The largest absolute Gasteiger partial charge is 0.462 e. The van der Waals surface area contributed by atoms with Crippen LogP contribution in [0.2, 0.25) is 0 Å². The number of hydrogen-bond acceptors (Lipinski definition) is 5. The van der Waals surface area contributed by atoms with Gasteiger partial charge in [0.2, 0.25) is 0 Å². The van der Waals surface area contributed by atoms with Crippen LogP contribution in [0.4, 0.5) is 0 Å². The lowest BCUT2D eigenvalue weighted by Gasteiger charge is -2.15. The van der Waals surface area contributed by atoms with Gasteiger partial charge in [-0.05, 0) is 27.7 Å². The zero-order chi connectivity index (χ0) is 15.1. The summed E-state index contributed by atoms with van der Waals surface area (Å²) in [5.41, 5.74) is 0. The molecule has 0 aromatic rings. The molecule has 0 N–H and O–H groups in total. The zero-order valence-electron chi connectivity index (χ0n) is 11.6. The molecule has 0 aromatic heterocycles. The van der Waals surface area contributed by atoms with Crippen molar-refractivity contribution in [3.8, 4) is 0 Å². The van der Waals surface area contributed by atoms with E-state index in [1.807, 2.05) is 0 Å². The minimum absolute atomic E-state index is 0.172. The number of alkyl halides is 2. The lowest BCUT2D eigenvalue weighted by molar-refractivity contribution is -0.148. The Kier molecular flexibility index (Phi) is 8.15. The molecular formula is C12H20Br2O5. The number of halogens is 2. The van der Waals surface area contributed by atoms with Gasteiger partial charge < -0.3 is 14.2 Å². The predicted octanol–water partition coefficient (Wildman–Crippen LogP) is 2.44. The molecule has 0 bridgehead atoms. The molecule has 0 spiro atoms. The van der Waals surface area contributed by atoms with Crippen LogP contribution in [-0.4, -0.2) is 47.0 Å². The fourth-order valence-corrected chi connectivity index (χ4v) is 1.06. The van der Waals surface area contributed by atoms with Gasteiger partial charge in [-0.3, -0.25) is 9.59 Å². The molecule has 0 heterocycles. The second kappa shape index (κ2) is 8.21. The van der Waals surface area contributed by atoms with Gasteiger partial charge in [0.05, 0.1) is 13.2 Å². The van der Waals surface area contributed by atoms with Crippen LogP contribution in [0.25, 0.3) is 0 Å². The molecule has 0 saturated heterocycles. The highest BCUT2D eigenvalue weighted by molar-refractivity contribution is 9.10. The Morgan fingerprint density at radius 1 is 0.789 bits per heavy atom. The third kappa shape index (κ3) is 9.40. The van der Waals surface area contributed by atoms with Crippen molar-refractivity contribution in [3.63, 3.8) is 0 Å². The standard InChI is InChI=1S/C12H20Br2O5/c1-11(2,13)9(15)18-7-5-17-6-8-19-10(16)12(3,4)14/h5-8H2,1-4H3. The van der Waals surface area contributed by atoms with Gasteiger partial charge in [-0.15, -0.1) is 0 Å². The van der Waals surface area contributed by atoms with Crippen molar-refractivity contribution < 1.29 is 23.8 Å². The van der Waals surface area contributed by atoms with Crippen molar-refractivity contribution in [1.29, 1.82) is 0 Å². The van der Waals surface area contributed by atoms with Crippen molar-refractivity contribution in [2.24, 2.45) is 0 Å². The Balaban J connectivity index is 3.53. The normalized spacial score (nSPS) is 12.1. The fraction of sp³-hybridized carbons (Fsp3) is 0.833. The van der Waals surface area contributed by atoms with E-state index in [4.69, 9.17) is 14.2 Å². The third-order valence-electron chi connectivity index (χ3n) is 1.89. The number of ether oxygens (including phenoxy) is 3. The van der Waals surface area contributed by atoms with Crippen molar-refractivity contribution in [2.45, 2.75) is 36.3 Å². The maximum absolute atomic E-state index is 11.4. The summed E-state index contributed by atoms with van der Waals surface area (Å²) < 4.78 is 13.7. The molecule has 0 fully saturated rings. The van der Waals surface area contributed by atoms with E-state index in [-0.39, 0.29) is 38.4 Å². The summed E-state index contributed by atoms with van der Waals surface area (Å²) in [6.07, 6.45) is 0. The summed E-state index contributed by atoms with van der Waals surface area (Å²) in [7, 11) is 0. The zero-order valence-corrected chi connectivity index (χ0v) is 14.8. The Morgan fingerprint density at radius 2 is 1.11 bits per heavy atom. The van der Waals surface area contributed by atoms with E-state index in [9.17, 15) is 9.59 Å². The van der Waals surface area contributed by atoms with Gasteiger partial charge in [0.15, 0.2) is 0 Å². The van der Waals surface area contributed by atoms with Crippen LogP contribution in [0, 0.1) is 0 Å². The molecule has 0 aliphatic rings. The van der Waals surface area contributed by atoms with Gasteiger partial charge in [0.25, 0.3) is 0 Å². The van der Waals surface area contributed by atoms with Gasteiger partial charge in [0, 0.05) is 0 Å². The van der Waals surface area contributed by atoms with Crippen LogP contribution < -0.4 is 0 Å². The summed E-state index contributed by atoms with van der Waals surface area (Å²) in [5.74, 6) is -0.688. The molecule has 0 aromatic carbocycles. The second-order valence-corrected chi connectivity index (χ2v) is 8.79. The minimum atomic E-state index is -0.690. The summed E-state index contributed by atoms with van der Waals surface area (Å²) in [6.45, 7) is 7.70. The Labute approximate surface area is 130 Å². The minimum Gasteiger partial charge on any atom is -0.462 e. The molecule has 112 valence electrons. The van der Waals surface area contributed by atoms with Crippen molar-refractivity contribution in [3.05, 3.63) is 0 Å². The van der Waals surface area contributed by atoms with E-state index in [2.05, 4.69) is 31.9 Å². The molecule has 5 nitrogen and oxygen atoms in total. The van der Waals surface area contributed by atoms with Crippen LogP contribution in [-0.2, 0) is 23.8 Å². The van der Waals surface area contributed by atoms with Crippen LogP contribution in [0.15, 0.2) is 0 Å². The molecule has 0 rings (SSSR count). The van der Waals surface area contributed by atoms with Crippen LogP contribution >= 0.6 is 31.9 Å². The van der Waals surface area contributed by atoms with E-state index in [0.717, 1.165) is 0 Å². The van der Waals surface area contributed by atoms with E-state index in [0.29, 0.717) is 0 Å². The van der Waals surface area contributed by atoms with Crippen LogP contribution in [0.5, 0.6) is 0 Å². The number of carbonyl (C=O) groups excluding carboxylic acids is 2. The van der Waals surface area contributed by atoms with Crippen molar-refractivity contribution in [1.82, 2.24) is 0 Å². The summed E-state index contributed by atoms with van der Waals surface area (Å²) in [5, 5.41) is 0. The molecule has 0 unspecified atom stereocenters. The molecule has 0 saturated carbocycles. The molecule has 0 amide bonds. The third-order valence-corrected chi connectivity index (χ3v) is 2.54. The molecule has 0 atom stereocenters. The first-order valence-electron chi connectivity index (χ1n) is 5.85. The topological polar surface area (TPSA) is 61.8 Å². The van der Waals surface area contributed by atoms with Gasteiger partial charge in [-0.1, -0.05) is 31.9 Å². The molecule has 0 aliphatic carbocycles. The van der Waals surface area contributed by atoms with Crippen LogP contribution in [0.1, 0.15) is 27.7 Å². The molecular weight excluding hydrogens is 384 g/mol. The first-order chi connectivity index (χ1) is 8.55. The average Bonchev–Trinajstić information content (AvgIpc) is 2.24. The highest BCUT2D eigenvalue weighted by Crippen LogP contribution is 2.17. The van der Waals surface area contributed by atoms with Crippen LogP contribution in [0.3, 0.4) is 0 Å². The Hall–Kier alpha value is -0.140. The average molecular weight is 404 g/mol. The van der Waals surface area contributed by atoms with Gasteiger partial charge in [0.1, 0.15) is 21.9 Å². The van der Waals surface area contributed by atoms with Gasteiger partial charge >= 0.3 is 11.9 Å². The van der Waals surface area contributed by atoms with Crippen molar-refractivity contribution >= 4 is 43.8 Å². The second-order valence-electron chi connectivity index (χ2n) is 4.83. The first-order valence-corrected chi connectivity index (χ1v) is 7.44. The lowest BCUT2D eigenvalue weighted by atomic mass is 10.2. The highest BCUT2D eigenvalue weighted by Gasteiger charge is 2.26. The van der Waals surface area contributed by atoms with Gasteiger partial charge in [-0.2, -0.15) is 0 Å². The maximum Gasteiger partial charge on any atom is 0.322 e.